The summed E-state index contributed by atoms with van der Waals surface area (Å²) < 4.78 is 6.02. The van der Waals surface area contributed by atoms with E-state index in [2.05, 4.69) is 16.4 Å². The second-order valence-electron chi connectivity index (χ2n) is 6.12. The Morgan fingerprint density at radius 2 is 2.08 bits per heavy atom. The SMILES string of the molecule is N#CCSc1ccccc1C(=O)NCc1cccnc1OC1CCCC1. The number of nitrogens with zero attached hydrogens (tertiary/aromatic N) is 2. The Labute approximate surface area is 157 Å². The Bertz CT molecular complexity index is 798. The molecule has 26 heavy (non-hydrogen) atoms. The molecule has 2 aromatic rings. The summed E-state index contributed by atoms with van der Waals surface area (Å²) in [4.78, 5) is 17.7. The Morgan fingerprint density at radius 3 is 2.88 bits per heavy atom. The highest BCUT2D eigenvalue weighted by atomic mass is 32.2. The molecule has 1 aromatic carbocycles. The number of pyridine rings is 1. The van der Waals surface area contributed by atoms with Crippen LogP contribution >= 0.6 is 11.8 Å². The number of carbonyl (C=O) groups excluding carboxylic acids is 1. The molecule has 3 rings (SSSR count). The summed E-state index contributed by atoms with van der Waals surface area (Å²) >= 11 is 1.36. The molecule has 0 radical (unpaired) electrons. The van der Waals surface area contributed by atoms with Gasteiger partial charge in [0.25, 0.3) is 5.91 Å². The summed E-state index contributed by atoms with van der Waals surface area (Å²) in [5.74, 6) is 0.750. The van der Waals surface area contributed by atoms with Crippen molar-refractivity contribution in [2.45, 2.75) is 43.2 Å². The standard InChI is InChI=1S/C20H21N3O2S/c21-11-13-26-18-10-4-3-9-17(18)19(24)23-14-15-6-5-12-22-20(15)25-16-7-1-2-8-16/h3-6,9-10,12,16H,1-2,7-8,13-14H2,(H,23,24). The van der Waals surface area contributed by atoms with Gasteiger partial charge in [-0.05, 0) is 43.9 Å². The smallest absolute Gasteiger partial charge is 0.252 e. The number of ether oxygens (including phenoxy) is 1. The predicted molar refractivity (Wildman–Crippen MR) is 101 cm³/mol. The second kappa shape index (κ2) is 9.25. The predicted octanol–water partition coefficient (Wildman–Crippen LogP) is 3.95. The first kappa shape index (κ1) is 18.3. The van der Waals surface area contributed by atoms with Gasteiger partial charge in [0.2, 0.25) is 5.88 Å². The van der Waals surface area contributed by atoms with Crippen LogP contribution in [0.5, 0.6) is 5.88 Å². The Morgan fingerprint density at radius 1 is 1.27 bits per heavy atom. The van der Waals surface area contributed by atoms with Gasteiger partial charge < -0.3 is 10.1 Å². The molecule has 134 valence electrons. The van der Waals surface area contributed by atoms with Gasteiger partial charge in [-0.3, -0.25) is 4.79 Å². The minimum Gasteiger partial charge on any atom is -0.474 e. The molecular weight excluding hydrogens is 346 g/mol. The van der Waals surface area contributed by atoms with Gasteiger partial charge in [-0.1, -0.05) is 18.2 Å². The Kier molecular flexibility index (Phi) is 6.50. The highest BCUT2D eigenvalue weighted by Crippen LogP contribution is 2.25. The Hall–Kier alpha value is -2.52. The van der Waals surface area contributed by atoms with Gasteiger partial charge in [-0.2, -0.15) is 5.26 Å². The molecule has 0 bridgehead atoms. The lowest BCUT2D eigenvalue weighted by molar-refractivity contribution is 0.0947. The Balaban J connectivity index is 1.66. The molecule has 5 nitrogen and oxygen atoms in total. The van der Waals surface area contributed by atoms with Crippen molar-refractivity contribution in [2.24, 2.45) is 0 Å². The van der Waals surface area contributed by atoms with Crippen molar-refractivity contribution >= 4 is 17.7 Å². The first-order valence-electron chi connectivity index (χ1n) is 8.75. The van der Waals surface area contributed by atoms with E-state index in [1.54, 1.807) is 12.3 Å². The maximum Gasteiger partial charge on any atom is 0.252 e. The van der Waals surface area contributed by atoms with Crippen molar-refractivity contribution in [1.82, 2.24) is 10.3 Å². The van der Waals surface area contributed by atoms with Gasteiger partial charge >= 0.3 is 0 Å². The van der Waals surface area contributed by atoms with Crippen LogP contribution in [-0.4, -0.2) is 22.7 Å². The normalized spacial score (nSPS) is 14.0. The van der Waals surface area contributed by atoms with Crippen LogP contribution in [0.1, 0.15) is 41.6 Å². The number of hydrogen-bond donors (Lipinski definition) is 1. The number of amides is 1. The van der Waals surface area contributed by atoms with E-state index >= 15 is 0 Å². The lowest BCUT2D eigenvalue weighted by Gasteiger charge is -2.15. The van der Waals surface area contributed by atoms with Gasteiger partial charge in [0.15, 0.2) is 0 Å². The molecular formula is C20H21N3O2S. The van der Waals surface area contributed by atoms with Crippen LogP contribution in [0.2, 0.25) is 0 Å². The fourth-order valence-corrected chi connectivity index (χ4v) is 3.70. The van der Waals surface area contributed by atoms with Crippen LogP contribution in [0, 0.1) is 11.3 Å². The zero-order valence-corrected chi connectivity index (χ0v) is 15.3. The molecule has 0 spiro atoms. The first-order chi connectivity index (χ1) is 12.8. The first-order valence-corrected chi connectivity index (χ1v) is 9.74. The molecule has 1 heterocycles. The van der Waals surface area contributed by atoms with Crippen LogP contribution < -0.4 is 10.1 Å². The number of carbonyl (C=O) groups is 1. The molecule has 0 aliphatic heterocycles. The van der Waals surface area contributed by atoms with Gasteiger partial charge in [0.1, 0.15) is 6.10 Å². The van der Waals surface area contributed by atoms with Crippen molar-refractivity contribution in [1.29, 1.82) is 5.26 Å². The van der Waals surface area contributed by atoms with Gasteiger partial charge in [-0.15, -0.1) is 11.8 Å². The number of hydrogen-bond acceptors (Lipinski definition) is 5. The molecule has 6 heteroatoms. The molecule has 1 saturated carbocycles. The van der Waals surface area contributed by atoms with Gasteiger partial charge in [0, 0.05) is 23.2 Å². The lowest BCUT2D eigenvalue weighted by atomic mass is 10.2. The fraction of sp³-hybridized carbons (Fsp3) is 0.350. The van der Waals surface area contributed by atoms with Crippen LogP contribution in [0.3, 0.4) is 0 Å². The van der Waals surface area contributed by atoms with E-state index in [4.69, 9.17) is 10.00 Å². The highest BCUT2D eigenvalue weighted by Gasteiger charge is 2.19. The molecule has 1 aliphatic rings. The summed E-state index contributed by atoms with van der Waals surface area (Å²) in [7, 11) is 0. The summed E-state index contributed by atoms with van der Waals surface area (Å²) in [6, 6.07) is 13.2. The number of nitrogens with one attached hydrogen (secondary N) is 1. The van der Waals surface area contributed by atoms with Crippen LogP contribution in [0.25, 0.3) is 0 Å². The molecule has 0 unspecified atom stereocenters. The van der Waals surface area contributed by atoms with Crippen molar-refractivity contribution in [3.8, 4) is 11.9 Å². The zero-order chi connectivity index (χ0) is 18.2. The minimum atomic E-state index is -0.165. The van der Waals surface area contributed by atoms with E-state index in [0.717, 1.165) is 23.3 Å². The van der Waals surface area contributed by atoms with E-state index in [0.29, 0.717) is 23.7 Å². The van der Waals surface area contributed by atoms with Gasteiger partial charge in [-0.25, -0.2) is 4.98 Å². The molecule has 1 aromatic heterocycles. The van der Waals surface area contributed by atoms with Crippen LogP contribution in [0.4, 0.5) is 0 Å². The lowest BCUT2D eigenvalue weighted by Crippen LogP contribution is -2.24. The molecule has 1 amide bonds. The number of nitriles is 1. The molecule has 0 saturated heterocycles. The van der Waals surface area contributed by atoms with Gasteiger partial charge in [0.05, 0.1) is 17.4 Å². The maximum absolute atomic E-state index is 12.6. The van der Waals surface area contributed by atoms with Crippen molar-refractivity contribution in [3.05, 3.63) is 53.7 Å². The van der Waals surface area contributed by atoms with E-state index in [1.165, 1.54) is 24.6 Å². The third-order valence-electron chi connectivity index (χ3n) is 4.29. The summed E-state index contributed by atoms with van der Waals surface area (Å²) in [6.07, 6.45) is 6.45. The number of thioether (sulfide) groups is 1. The van der Waals surface area contributed by atoms with Crippen LogP contribution in [-0.2, 0) is 6.54 Å². The monoisotopic (exact) mass is 367 g/mol. The number of aromatic nitrogens is 1. The molecule has 0 atom stereocenters. The number of rotatable bonds is 7. The van der Waals surface area contributed by atoms with E-state index in [9.17, 15) is 4.79 Å². The zero-order valence-electron chi connectivity index (χ0n) is 14.5. The number of benzene rings is 1. The summed E-state index contributed by atoms with van der Waals surface area (Å²) in [6.45, 7) is 0.353. The molecule has 1 fully saturated rings. The molecule has 1 N–H and O–H groups in total. The van der Waals surface area contributed by atoms with Crippen LogP contribution in [0.15, 0.2) is 47.5 Å². The third-order valence-corrected chi connectivity index (χ3v) is 5.23. The average Bonchev–Trinajstić information content (AvgIpc) is 3.19. The largest absolute Gasteiger partial charge is 0.474 e. The summed E-state index contributed by atoms with van der Waals surface area (Å²) in [5.41, 5.74) is 1.45. The summed E-state index contributed by atoms with van der Waals surface area (Å²) in [5, 5.41) is 11.7. The topological polar surface area (TPSA) is 75.0 Å². The second-order valence-corrected chi connectivity index (χ2v) is 7.13. The van der Waals surface area contributed by atoms with E-state index in [1.807, 2.05) is 30.3 Å². The van der Waals surface area contributed by atoms with E-state index in [-0.39, 0.29) is 12.0 Å². The quantitative estimate of drug-likeness (QED) is 0.750. The average molecular weight is 367 g/mol. The minimum absolute atomic E-state index is 0.165. The fourth-order valence-electron chi connectivity index (χ4n) is 2.99. The van der Waals surface area contributed by atoms with Crippen molar-refractivity contribution in [2.75, 3.05) is 5.75 Å². The highest BCUT2D eigenvalue weighted by molar-refractivity contribution is 7.99. The molecule has 1 aliphatic carbocycles. The van der Waals surface area contributed by atoms with Crippen molar-refractivity contribution < 1.29 is 9.53 Å². The van der Waals surface area contributed by atoms with E-state index < -0.39 is 0 Å². The third kappa shape index (κ3) is 4.77. The van der Waals surface area contributed by atoms with Crippen molar-refractivity contribution in [3.63, 3.8) is 0 Å². The maximum atomic E-state index is 12.6.